The fraction of sp³-hybridized carbons (Fsp3) is 0.548. The van der Waals surface area contributed by atoms with Crippen molar-refractivity contribution in [2.75, 3.05) is 42.5 Å². The van der Waals surface area contributed by atoms with Crippen LogP contribution in [0.15, 0.2) is 48.5 Å². The van der Waals surface area contributed by atoms with Crippen LogP contribution in [0.1, 0.15) is 57.6 Å². The molecule has 0 aliphatic carbocycles. The number of ether oxygens (including phenoxy) is 2. The van der Waals surface area contributed by atoms with Crippen molar-refractivity contribution in [2.24, 2.45) is 11.8 Å². The van der Waals surface area contributed by atoms with Crippen LogP contribution < -0.4 is 9.80 Å². The van der Waals surface area contributed by atoms with E-state index in [0.717, 1.165) is 56.7 Å². The monoisotopic (exact) mass is 519 g/mol. The first-order valence-electron chi connectivity index (χ1n) is 14.1. The molecule has 0 spiro atoms. The van der Waals surface area contributed by atoms with Crippen molar-refractivity contribution < 1.29 is 19.1 Å². The maximum Gasteiger partial charge on any atom is 0.414 e. The molecular weight excluding hydrogens is 478 g/mol. The number of benzene rings is 2. The van der Waals surface area contributed by atoms with E-state index < -0.39 is 5.60 Å². The molecule has 2 saturated heterocycles. The summed E-state index contributed by atoms with van der Waals surface area (Å²) >= 11 is 0. The first-order valence-corrected chi connectivity index (χ1v) is 14.1. The number of carbonyl (C=O) groups excluding carboxylic acids is 2. The Morgan fingerprint density at radius 2 is 1.42 bits per heavy atom. The molecule has 0 unspecified atom stereocenters. The predicted molar refractivity (Wildman–Crippen MR) is 150 cm³/mol. The highest BCUT2D eigenvalue weighted by Crippen LogP contribution is 2.39. The number of rotatable bonds is 4. The Bertz CT molecular complexity index is 1110. The zero-order chi connectivity index (χ0) is 26.7. The van der Waals surface area contributed by atoms with E-state index in [-0.39, 0.29) is 12.2 Å². The highest BCUT2D eigenvalue weighted by atomic mass is 16.6. The summed E-state index contributed by atoms with van der Waals surface area (Å²) in [6, 6.07) is 16.2. The molecule has 2 amide bonds. The predicted octanol–water partition coefficient (Wildman–Crippen LogP) is 6.25. The van der Waals surface area contributed by atoms with Gasteiger partial charge in [0.2, 0.25) is 0 Å². The summed E-state index contributed by atoms with van der Waals surface area (Å²) in [5.41, 5.74) is 4.04. The van der Waals surface area contributed by atoms with Crippen molar-refractivity contribution in [1.82, 2.24) is 4.90 Å². The van der Waals surface area contributed by atoms with Crippen molar-refractivity contribution in [1.29, 1.82) is 0 Å². The van der Waals surface area contributed by atoms with Gasteiger partial charge in [0, 0.05) is 44.0 Å². The summed E-state index contributed by atoms with van der Waals surface area (Å²) in [4.78, 5) is 31.5. The Hall–Kier alpha value is -3.22. The topological polar surface area (TPSA) is 62.3 Å². The third kappa shape index (κ3) is 6.08. The van der Waals surface area contributed by atoms with Crippen LogP contribution in [0.25, 0.3) is 0 Å². The second-order valence-electron chi connectivity index (χ2n) is 11.8. The minimum absolute atomic E-state index is 0.194. The van der Waals surface area contributed by atoms with E-state index in [1.54, 1.807) is 4.90 Å². The maximum atomic E-state index is 12.8. The Morgan fingerprint density at radius 3 is 2.08 bits per heavy atom. The molecule has 5 rings (SSSR count). The summed E-state index contributed by atoms with van der Waals surface area (Å²) in [5.74, 6) is 1.36. The maximum absolute atomic E-state index is 12.8. The molecule has 0 radical (unpaired) electrons. The fourth-order valence-corrected chi connectivity index (χ4v) is 6.19. The highest BCUT2D eigenvalue weighted by Gasteiger charge is 2.34. The molecule has 3 heterocycles. The summed E-state index contributed by atoms with van der Waals surface area (Å²) in [7, 11) is 0. The van der Waals surface area contributed by atoms with Crippen molar-refractivity contribution in [3.05, 3.63) is 59.7 Å². The number of hydrogen-bond donors (Lipinski definition) is 0. The van der Waals surface area contributed by atoms with Crippen LogP contribution in [0.4, 0.5) is 21.0 Å². The molecular formula is C31H41N3O4. The summed E-state index contributed by atoms with van der Waals surface area (Å²) < 4.78 is 11.2. The van der Waals surface area contributed by atoms with Crippen LogP contribution in [0.5, 0.6) is 0 Å². The van der Waals surface area contributed by atoms with Gasteiger partial charge in [0.1, 0.15) is 12.2 Å². The SMILES string of the molecule is CC(C)(C)OC(=O)N1CCc2c(N3CCC(C4CCN(C(=O)OCc5ccccc5)CC4)CC3)cccc21. The van der Waals surface area contributed by atoms with E-state index in [1.807, 2.05) is 62.1 Å². The van der Waals surface area contributed by atoms with Gasteiger partial charge in [-0.2, -0.15) is 0 Å². The molecule has 0 saturated carbocycles. The average molecular weight is 520 g/mol. The summed E-state index contributed by atoms with van der Waals surface area (Å²) in [6.07, 6.45) is 4.85. The molecule has 3 aliphatic heterocycles. The Kier molecular flexibility index (Phi) is 7.82. The molecule has 0 atom stereocenters. The lowest BCUT2D eigenvalue weighted by atomic mass is 9.78. The minimum Gasteiger partial charge on any atom is -0.445 e. The van der Waals surface area contributed by atoms with Crippen LogP contribution in [-0.2, 0) is 22.5 Å². The lowest BCUT2D eigenvalue weighted by Crippen LogP contribution is -2.43. The van der Waals surface area contributed by atoms with Gasteiger partial charge in [0.25, 0.3) is 0 Å². The first kappa shape index (κ1) is 26.4. The van der Waals surface area contributed by atoms with Crippen molar-refractivity contribution in [2.45, 2.75) is 65.1 Å². The normalized spacial score (nSPS) is 18.9. The van der Waals surface area contributed by atoms with Crippen LogP contribution in [0.2, 0.25) is 0 Å². The third-order valence-corrected chi connectivity index (χ3v) is 8.17. The van der Waals surface area contributed by atoms with Crippen LogP contribution in [0.3, 0.4) is 0 Å². The molecule has 7 nitrogen and oxygen atoms in total. The number of anilines is 2. The largest absolute Gasteiger partial charge is 0.445 e. The molecule has 7 heteroatoms. The van der Waals surface area contributed by atoms with Crippen LogP contribution in [-0.4, -0.2) is 55.4 Å². The third-order valence-electron chi connectivity index (χ3n) is 8.17. The van der Waals surface area contributed by atoms with Gasteiger partial charge >= 0.3 is 12.2 Å². The van der Waals surface area contributed by atoms with Crippen molar-refractivity contribution >= 4 is 23.6 Å². The number of carbonyl (C=O) groups is 2. The zero-order valence-electron chi connectivity index (χ0n) is 23.0. The second-order valence-corrected chi connectivity index (χ2v) is 11.8. The molecule has 204 valence electrons. The van der Waals surface area contributed by atoms with Gasteiger partial charge in [-0.3, -0.25) is 4.90 Å². The molecule has 0 bridgehead atoms. The number of hydrogen-bond acceptors (Lipinski definition) is 5. The first-order chi connectivity index (χ1) is 18.3. The van der Waals surface area contributed by atoms with E-state index >= 15 is 0 Å². The molecule has 0 aromatic heterocycles. The smallest absolute Gasteiger partial charge is 0.414 e. The zero-order valence-corrected chi connectivity index (χ0v) is 23.0. The van der Waals surface area contributed by atoms with Gasteiger partial charge in [-0.1, -0.05) is 36.4 Å². The molecule has 38 heavy (non-hydrogen) atoms. The Balaban J connectivity index is 1.11. The molecule has 2 aromatic carbocycles. The summed E-state index contributed by atoms with van der Waals surface area (Å²) in [6.45, 7) is 10.4. The van der Waals surface area contributed by atoms with Gasteiger partial charge in [-0.25, -0.2) is 9.59 Å². The van der Waals surface area contributed by atoms with Gasteiger partial charge in [-0.05, 0) is 82.4 Å². The molecule has 2 aromatic rings. The number of fused-ring (bicyclic) bond motifs is 1. The number of nitrogens with zero attached hydrogens (tertiary/aromatic N) is 3. The van der Waals surface area contributed by atoms with Gasteiger partial charge < -0.3 is 19.3 Å². The number of likely N-dealkylation sites (tertiary alicyclic amines) is 1. The van der Waals surface area contributed by atoms with Crippen LogP contribution >= 0.6 is 0 Å². The Labute approximate surface area is 226 Å². The molecule has 0 N–H and O–H groups in total. The fourth-order valence-electron chi connectivity index (χ4n) is 6.19. The lowest BCUT2D eigenvalue weighted by Gasteiger charge is -2.41. The van der Waals surface area contributed by atoms with E-state index in [4.69, 9.17) is 9.47 Å². The number of amides is 2. The van der Waals surface area contributed by atoms with Gasteiger partial charge in [0.05, 0.1) is 5.69 Å². The van der Waals surface area contributed by atoms with E-state index in [0.29, 0.717) is 25.0 Å². The van der Waals surface area contributed by atoms with Crippen LogP contribution in [0, 0.1) is 11.8 Å². The average Bonchev–Trinajstić information content (AvgIpc) is 3.36. The van der Waals surface area contributed by atoms with Gasteiger partial charge in [0.15, 0.2) is 0 Å². The summed E-state index contributed by atoms with van der Waals surface area (Å²) in [5, 5.41) is 0. The lowest BCUT2D eigenvalue weighted by molar-refractivity contribution is 0.0583. The highest BCUT2D eigenvalue weighted by molar-refractivity contribution is 5.92. The quantitative estimate of drug-likeness (QED) is 0.478. The van der Waals surface area contributed by atoms with Crippen molar-refractivity contribution in [3.63, 3.8) is 0 Å². The number of piperidine rings is 2. The minimum atomic E-state index is -0.502. The van der Waals surface area contributed by atoms with E-state index in [9.17, 15) is 9.59 Å². The molecule has 3 aliphatic rings. The Morgan fingerprint density at radius 1 is 0.789 bits per heavy atom. The second kappa shape index (κ2) is 11.3. The van der Waals surface area contributed by atoms with E-state index in [1.165, 1.54) is 24.1 Å². The molecule has 2 fully saturated rings. The van der Waals surface area contributed by atoms with Crippen molar-refractivity contribution in [3.8, 4) is 0 Å². The van der Waals surface area contributed by atoms with Gasteiger partial charge in [-0.15, -0.1) is 0 Å². The van der Waals surface area contributed by atoms with E-state index in [2.05, 4.69) is 17.0 Å². The standard InChI is InChI=1S/C31H41N3O4/c1-31(2,3)38-30(36)34-21-16-26-27(10-7-11-28(26)34)32-17-12-24(13-18-32)25-14-19-33(20-15-25)29(35)37-22-23-8-5-4-6-9-23/h4-11,24-25H,12-22H2,1-3H3.